The van der Waals surface area contributed by atoms with E-state index in [1.165, 1.54) is 30.3 Å². The highest BCUT2D eigenvalue weighted by molar-refractivity contribution is 9.10. The van der Waals surface area contributed by atoms with Crippen molar-refractivity contribution in [3.8, 4) is 5.75 Å². The highest BCUT2D eigenvalue weighted by Gasteiger charge is 2.21. The number of halogens is 2. The number of aliphatic carboxylic acids is 1. The Bertz CT molecular complexity index is 626. The lowest BCUT2D eigenvalue weighted by atomic mass is 9.92. The number of carbonyl (C=O) groups is 1. The number of phenols is 1. The molecule has 2 aromatic carbocycles. The summed E-state index contributed by atoms with van der Waals surface area (Å²) in [5.74, 6) is -2.23. The first kappa shape index (κ1) is 14.5. The zero-order valence-corrected chi connectivity index (χ0v) is 12.0. The smallest absolute Gasteiger partial charge is 0.311 e. The van der Waals surface area contributed by atoms with E-state index in [-0.39, 0.29) is 12.2 Å². The Kier molecular flexibility index (Phi) is 4.39. The predicted octanol–water partition coefficient (Wildman–Crippen LogP) is 3.70. The maximum absolute atomic E-state index is 12.9. The van der Waals surface area contributed by atoms with Gasteiger partial charge < -0.3 is 10.2 Å². The summed E-state index contributed by atoms with van der Waals surface area (Å²) in [5.41, 5.74) is 1.02. The number of hydrogen-bond acceptors (Lipinski definition) is 2. The van der Waals surface area contributed by atoms with Crippen molar-refractivity contribution in [2.45, 2.75) is 12.3 Å². The third-order valence-corrected chi connectivity index (χ3v) is 3.53. The number of aromatic hydroxyl groups is 1. The maximum atomic E-state index is 12.9. The van der Waals surface area contributed by atoms with E-state index in [2.05, 4.69) is 15.9 Å². The van der Waals surface area contributed by atoms with E-state index in [1.807, 2.05) is 0 Å². The van der Waals surface area contributed by atoms with Gasteiger partial charge in [0.15, 0.2) is 0 Å². The predicted molar refractivity (Wildman–Crippen MR) is 76.3 cm³/mol. The van der Waals surface area contributed by atoms with Crippen LogP contribution in [0, 0.1) is 5.82 Å². The van der Waals surface area contributed by atoms with Crippen LogP contribution in [0.2, 0.25) is 0 Å². The van der Waals surface area contributed by atoms with Crippen LogP contribution in [-0.4, -0.2) is 16.2 Å². The normalized spacial score (nSPS) is 12.1. The summed E-state index contributed by atoms with van der Waals surface area (Å²) in [6.07, 6.45) is 0.131. The molecule has 0 spiro atoms. The molecule has 0 bridgehead atoms. The Labute approximate surface area is 123 Å². The van der Waals surface area contributed by atoms with Crippen LogP contribution in [0.3, 0.4) is 0 Å². The molecule has 20 heavy (non-hydrogen) atoms. The van der Waals surface area contributed by atoms with Crippen LogP contribution >= 0.6 is 15.9 Å². The second kappa shape index (κ2) is 6.05. The molecule has 0 aliphatic rings. The molecule has 0 aliphatic heterocycles. The Morgan fingerprint density at radius 1 is 1.20 bits per heavy atom. The lowest BCUT2D eigenvalue weighted by Crippen LogP contribution is -2.14. The molecule has 104 valence electrons. The van der Waals surface area contributed by atoms with Crippen molar-refractivity contribution in [3.63, 3.8) is 0 Å². The van der Waals surface area contributed by atoms with Crippen molar-refractivity contribution in [2.75, 3.05) is 0 Å². The standard InChI is InChI=1S/C15H12BrFO3/c16-11-3-6-14(18)10(7-11)8-13(15(19)20)9-1-4-12(17)5-2-9/h1-7,13,18H,8H2,(H,19,20). The first-order valence-corrected chi connectivity index (χ1v) is 6.72. The van der Waals surface area contributed by atoms with E-state index in [4.69, 9.17) is 0 Å². The van der Waals surface area contributed by atoms with Gasteiger partial charge in [-0.2, -0.15) is 0 Å². The molecule has 0 heterocycles. The zero-order chi connectivity index (χ0) is 14.7. The van der Waals surface area contributed by atoms with Crippen molar-refractivity contribution >= 4 is 21.9 Å². The van der Waals surface area contributed by atoms with Gasteiger partial charge in [-0.05, 0) is 47.9 Å². The summed E-state index contributed by atoms with van der Waals surface area (Å²) in [5, 5.41) is 19.1. The van der Waals surface area contributed by atoms with Crippen LogP contribution in [0.5, 0.6) is 5.75 Å². The van der Waals surface area contributed by atoms with E-state index in [9.17, 15) is 19.4 Å². The van der Waals surface area contributed by atoms with Gasteiger partial charge in [0.25, 0.3) is 0 Å². The Hall–Kier alpha value is -1.88. The van der Waals surface area contributed by atoms with Crippen molar-refractivity contribution in [1.82, 2.24) is 0 Å². The molecule has 0 amide bonds. The summed E-state index contributed by atoms with van der Waals surface area (Å²) < 4.78 is 13.7. The molecule has 1 unspecified atom stereocenters. The molecule has 0 radical (unpaired) electrons. The molecule has 0 aromatic heterocycles. The summed E-state index contributed by atoms with van der Waals surface area (Å²) >= 11 is 3.28. The number of rotatable bonds is 4. The Morgan fingerprint density at radius 3 is 2.45 bits per heavy atom. The summed E-state index contributed by atoms with van der Waals surface area (Å²) in [6, 6.07) is 10.2. The molecular weight excluding hydrogens is 327 g/mol. The Balaban J connectivity index is 2.32. The number of hydrogen-bond donors (Lipinski definition) is 2. The second-order valence-corrected chi connectivity index (χ2v) is 5.34. The number of carboxylic acid groups (broad SMARTS) is 1. The largest absolute Gasteiger partial charge is 0.508 e. The minimum atomic E-state index is -1.02. The first-order valence-electron chi connectivity index (χ1n) is 5.93. The van der Waals surface area contributed by atoms with Crippen molar-refractivity contribution in [1.29, 1.82) is 0 Å². The fourth-order valence-corrected chi connectivity index (χ4v) is 2.39. The zero-order valence-electron chi connectivity index (χ0n) is 10.4. The molecule has 2 aromatic rings. The molecule has 0 fully saturated rings. The van der Waals surface area contributed by atoms with Crippen LogP contribution < -0.4 is 0 Å². The van der Waals surface area contributed by atoms with Crippen LogP contribution in [-0.2, 0) is 11.2 Å². The molecule has 2 N–H and O–H groups in total. The molecule has 0 aliphatic carbocycles. The average Bonchev–Trinajstić information content (AvgIpc) is 2.40. The highest BCUT2D eigenvalue weighted by atomic mass is 79.9. The van der Waals surface area contributed by atoms with Gasteiger partial charge in [-0.1, -0.05) is 28.1 Å². The molecular formula is C15H12BrFO3. The third kappa shape index (κ3) is 3.36. The van der Waals surface area contributed by atoms with Crippen molar-refractivity contribution in [3.05, 3.63) is 63.9 Å². The maximum Gasteiger partial charge on any atom is 0.311 e. The van der Waals surface area contributed by atoms with Crippen LogP contribution in [0.4, 0.5) is 4.39 Å². The van der Waals surface area contributed by atoms with E-state index in [0.717, 1.165) is 4.47 Å². The van der Waals surface area contributed by atoms with Crippen LogP contribution in [0.25, 0.3) is 0 Å². The van der Waals surface area contributed by atoms with Gasteiger partial charge in [-0.15, -0.1) is 0 Å². The summed E-state index contributed by atoms with van der Waals surface area (Å²) in [6.45, 7) is 0. The van der Waals surface area contributed by atoms with Gasteiger partial charge in [0, 0.05) is 4.47 Å². The minimum absolute atomic E-state index is 0.0431. The average molecular weight is 339 g/mol. The second-order valence-electron chi connectivity index (χ2n) is 4.42. The molecule has 0 saturated carbocycles. The highest BCUT2D eigenvalue weighted by Crippen LogP contribution is 2.28. The van der Waals surface area contributed by atoms with Gasteiger partial charge in [0.05, 0.1) is 5.92 Å². The fourth-order valence-electron chi connectivity index (χ4n) is 1.98. The minimum Gasteiger partial charge on any atom is -0.508 e. The molecule has 1 atom stereocenters. The molecule has 2 rings (SSSR count). The molecule has 5 heteroatoms. The summed E-state index contributed by atoms with van der Waals surface area (Å²) in [7, 11) is 0. The summed E-state index contributed by atoms with van der Waals surface area (Å²) in [4.78, 5) is 11.4. The van der Waals surface area contributed by atoms with Gasteiger partial charge in [-0.3, -0.25) is 4.79 Å². The van der Waals surface area contributed by atoms with Gasteiger partial charge in [0.2, 0.25) is 0 Å². The fraction of sp³-hybridized carbons (Fsp3) is 0.133. The van der Waals surface area contributed by atoms with Gasteiger partial charge in [0.1, 0.15) is 11.6 Å². The van der Waals surface area contributed by atoms with E-state index in [0.29, 0.717) is 11.1 Å². The SMILES string of the molecule is O=C(O)C(Cc1cc(Br)ccc1O)c1ccc(F)cc1. The first-order chi connectivity index (χ1) is 9.47. The quantitative estimate of drug-likeness (QED) is 0.893. The topological polar surface area (TPSA) is 57.5 Å². The number of benzene rings is 2. The number of carboxylic acids is 1. The van der Waals surface area contributed by atoms with Crippen LogP contribution in [0.1, 0.15) is 17.0 Å². The van der Waals surface area contributed by atoms with Crippen LogP contribution in [0.15, 0.2) is 46.9 Å². The van der Waals surface area contributed by atoms with Gasteiger partial charge >= 0.3 is 5.97 Å². The molecule has 0 saturated heterocycles. The van der Waals surface area contributed by atoms with E-state index in [1.54, 1.807) is 12.1 Å². The lowest BCUT2D eigenvalue weighted by Gasteiger charge is -2.14. The van der Waals surface area contributed by atoms with E-state index >= 15 is 0 Å². The molecule has 3 nitrogen and oxygen atoms in total. The van der Waals surface area contributed by atoms with Crippen molar-refractivity contribution in [2.24, 2.45) is 0 Å². The van der Waals surface area contributed by atoms with Gasteiger partial charge in [-0.25, -0.2) is 4.39 Å². The lowest BCUT2D eigenvalue weighted by molar-refractivity contribution is -0.138. The number of phenolic OH excluding ortho intramolecular Hbond substituents is 1. The Morgan fingerprint density at radius 2 is 1.85 bits per heavy atom. The monoisotopic (exact) mass is 338 g/mol. The third-order valence-electron chi connectivity index (χ3n) is 3.04. The van der Waals surface area contributed by atoms with E-state index < -0.39 is 17.7 Å². The van der Waals surface area contributed by atoms with Crippen molar-refractivity contribution < 1.29 is 19.4 Å².